The molecule has 3 nitrogen and oxygen atoms in total. The lowest BCUT2D eigenvalue weighted by Gasteiger charge is -2.10. The third-order valence-corrected chi connectivity index (χ3v) is 3.56. The molecule has 3 rings (SSSR count). The Balaban J connectivity index is 1.97. The number of thioether (sulfide) groups is 1. The van der Waals surface area contributed by atoms with E-state index in [0.717, 1.165) is 23.8 Å². The molecule has 0 atom stereocenters. The Morgan fingerprint density at radius 2 is 2.13 bits per heavy atom. The van der Waals surface area contributed by atoms with Gasteiger partial charge in [-0.25, -0.2) is 9.97 Å². The van der Waals surface area contributed by atoms with Crippen LogP contribution in [0.1, 0.15) is 30.5 Å². The molecule has 0 bridgehead atoms. The second kappa shape index (κ2) is 3.67. The molecule has 0 saturated heterocycles. The van der Waals surface area contributed by atoms with Gasteiger partial charge in [0, 0.05) is 11.6 Å². The van der Waals surface area contributed by atoms with E-state index in [1.165, 1.54) is 30.5 Å². The summed E-state index contributed by atoms with van der Waals surface area (Å²) in [5.41, 5.74) is 2.65. The number of rotatable bonds is 3. The third kappa shape index (κ3) is 1.83. The van der Waals surface area contributed by atoms with Gasteiger partial charge in [0.2, 0.25) is 0 Å². The van der Waals surface area contributed by atoms with Gasteiger partial charge >= 0.3 is 0 Å². The van der Waals surface area contributed by atoms with E-state index in [0.29, 0.717) is 6.04 Å². The van der Waals surface area contributed by atoms with Crippen molar-refractivity contribution >= 4 is 17.6 Å². The van der Waals surface area contributed by atoms with E-state index in [-0.39, 0.29) is 0 Å². The van der Waals surface area contributed by atoms with Crippen LogP contribution in [0.4, 0.5) is 5.82 Å². The van der Waals surface area contributed by atoms with Gasteiger partial charge in [-0.2, -0.15) is 0 Å². The fourth-order valence-corrected chi connectivity index (χ4v) is 2.43. The second-order valence-corrected chi connectivity index (χ2v) is 5.03. The Bertz CT molecular complexity index is 388. The Morgan fingerprint density at radius 1 is 1.27 bits per heavy atom. The molecule has 1 aromatic rings. The first kappa shape index (κ1) is 9.46. The summed E-state index contributed by atoms with van der Waals surface area (Å²) in [4.78, 5) is 9.16. The van der Waals surface area contributed by atoms with Crippen LogP contribution in [0, 0.1) is 0 Å². The molecule has 15 heavy (non-hydrogen) atoms. The molecule has 1 aromatic heterocycles. The Morgan fingerprint density at radius 3 is 2.87 bits per heavy atom. The summed E-state index contributed by atoms with van der Waals surface area (Å²) in [6, 6.07) is 0.680. The lowest BCUT2D eigenvalue weighted by molar-refractivity contribution is 0.877. The summed E-state index contributed by atoms with van der Waals surface area (Å²) >= 11 is 1.63. The van der Waals surface area contributed by atoms with Crippen LogP contribution < -0.4 is 5.32 Å². The van der Waals surface area contributed by atoms with Crippen LogP contribution >= 0.6 is 11.8 Å². The minimum atomic E-state index is 0.680. The smallest absolute Gasteiger partial charge is 0.189 e. The average molecular weight is 221 g/mol. The Kier molecular flexibility index (Phi) is 2.31. The first-order valence-electron chi connectivity index (χ1n) is 5.57. The van der Waals surface area contributed by atoms with Crippen molar-refractivity contribution in [1.82, 2.24) is 9.97 Å². The molecular weight excluding hydrogens is 206 g/mol. The minimum Gasteiger partial charge on any atom is -0.367 e. The number of hydrogen-bond acceptors (Lipinski definition) is 4. The van der Waals surface area contributed by atoms with Crippen molar-refractivity contribution in [3.05, 3.63) is 11.3 Å². The molecule has 0 unspecified atom stereocenters. The van der Waals surface area contributed by atoms with Crippen LogP contribution in [0.25, 0.3) is 0 Å². The molecule has 2 aliphatic carbocycles. The van der Waals surface area contributed by atoms with Gasteiger partial charge in [-0.1, -0.05) is 11.8 Å². The maximum Gasteiger partial charge on any atom is 0.189 e. The number of hydrogen-bond donors (Lipinski definition) is 1. The van der Waals surface area contributed by atoms with Crippen LogP contribution in [0.15, 0.2) is 5.16 Å². The molecule has 1 saturated carbocycles. The highest BCUT2D eigenvalue weighted by molar-refractivity contribution is 7.98. The Hall–Kier alpha value is -0.770. The van der Waals surface area contributed by atoms with Crippen molar-refractivity contribution in [2.24, 2.45) is 0 Å². The average Bonchev–Trinajstić information content (AvgIpc) is 2.93. The summed E-state index contributed by atoms with van der Waals surface area (Å²) in [6.07, 6.45) is 8.16. The van der Waals surface area contributed by atoms with Gasteiger partial charge < -0.3 is 5.32 Å². The predicted molar refractivity (Wildman–Crippen MR) is 62.5 cm³/mol. The van der Waals surface area contributed by atoms with Crippen molar-refractivity contribution in [2.75, 3.05) is 11.6 Å². The standard InChI is InChI=1S/C11H15N3S/c1-15-11-13-9-4-2-3-8(9)10(14-11)12-7-5-6-7/h7H,2-6H2,1H3,(H,12,13,14). The predicted octanol–water partition coefficient (Wildman–Crippen LogP) is 2.26. The number of nitrogens with zero attached hydrogens (tertiary/aromatic N) is 2. The molecule has 1 heterocycles. The van der Waals surface area contributed by atoms with E-state index in [1.807, 2.05) is 6.26 Å². The van der Waals surface area contributed by atoms with Gasteiger partial charge in [-0.05, 0) is 38.4 Å². The zero-order valence-electron chi connectivity index (χ0n) is 8.92. The van der Waals surface area contributed by atoms with Crippen molar-refractivity contribution in [3.8, 4) is 0 Å². The Labute approximate surface area is 94.1 Å². The van der Waals surface area contributed by atoms with Gasteiger partial charge in [0.15, 0.2) is 5.16 Å². The van der Waals surface area contributed by atoms with Crippen molar-refractivity contribution in [2.45, 2.75) is 43.3 Å². The van der Waals surface area contributed by atoms with Gasteiger partial charge in [0.25, 0.3) is 0 Å². The van der Waals surface area contributed by atoms with Crippen LogP contribution in [-0.4, -0.2) is 22.3 Å². The molecule has 0 amide bonds. The van der Waals surface area contributed by atoms with Crippen LogP contribution in [0.3, 0.4) is 0 Å². The largest absolute Gasteiger partial charge is 0.367 e. The van der Waals surface area contributed by atoms with Crippen molar-refractivity contribution in [3.63, 3.8) is 0 Å². The maximum absolute atomic E-state index is 4.58. The van der Waals surface area contributed by atoms with E-state index in [2.05, 4.69) is 15.3 Å². The molecule has 2 aliphatic rings. The zero-order valence-corrected chi connectivity index (χ0v) is 9.73. The fourth-order valence-electron chi connectivity index (χ4n) is 2.04. The van der Waals surface area contributed by atoms with Crippen molar-refractivity contribution < 1.29 is 0 Å². The number of aromatic nitrogens is 2. The normalized spacial score (nSPS) is 19.0. The summed E-state index contributed by atoms with van der Waals surface area (Å²) in [5, 5.41) is 4.44. The first-order valence-corrected chi connectivity index (χ1v) is 6.79. The second-order valence-electron chi connectivity index (χ2n) is 4.26. The SMILES string of the molecule is CSc1nc2c(c(NC3CC3)n1)CCC2. The zero-order chi connectivity index (χ0) is 10.3. The topological polar surface area (TPSA) is 37.8 Å². The van der Waals surface area contributed by atoms with Gasteiger partial charge in [0.05, 0.1) is 5.69 Å². The molecule has 4 heteroatoms. The third-order valence-electron chi connectivity index (χ3n) is 3.01. The van der Waals surface area contributed by atoms with Gasteiger partial charge in [-0.15, -0.1) is 0 Å². The van der Waals surface area contributed by atoms with E-state index in [1.54, 1.807) is 11.8 Å². The van der Waals surface area contributed by atoms with E-state index >= 15 is 0 Å². The molecule has 1 N–H and O–H groups in total. The monoisotopic (exact) mass is 221 g/mol. The molecule has 0 aromatic carbocycles. The highest BCUT2D eigenvalue weighted by Crippen LogP contribution is 2.31. The number of aryl methyl sites for hydroxylation is 1. The van der Waals surface area contributed by atoms with Gasteiger partial charge in [0.1, 0.15) is 5.82 Å². The number of anilines is 1. The number of nitrogens with one attached hydrogen (secondary N) is 1. The highest BCUT2D eigenvalue weighted by atomic mass is 32.2. The van der Waals surface area contributed by atoms with E-state index in [4.69, 9.17) is 0 Å². The number of fused-ring (bicyclic) bond motifs is 1. The molecule has 0 aliphatic heterocycles. The van der Waals surface area contributed by atoms with E-state index < -0.39 is 0 Å². The molecular formula is C11H15N3S. The van der Waals surface area contributed by atoms with Crippen LogP contribution in [-0.2, 0) is 12.8 Å². The lowest BCUT2D eigenvalue weighted by atomic mass is 10.2. The summed E-state index contributed by atoms with van der Waals surface area (Å²) in [5.74, 6) is 1.12. The summed E-state index contributed by atoms with van der Waals surface area (Å²) in [7, 11) is 0. The lowest BCUT2D eigenvalue weighted by Crippen LogP contribution is -2.08. The maximum atomic E-state index is 4.58. The molecule has 80 valence electrons. The van der Waals surface area contributed by atoms with Crippen LogP contribution in [0.5, 0.6) is 0 Å². The fraction of sp³-hybridized carbons (Fsp3) is 0.636. The van der Waals surface area contributed by atoms with Crippen molar-refractivity contribution in [1.29, 1.82) is 0 Å². The highest BCUT2D eigenvalue weighted by Gasteiger charge is 2.25. The summed E-state index contributed by atoms with van der Waals surface area (Å²) < 4.78 is 0. The van der Waals surface area contributed by atoms with E-state index in [9.17, 15) is 0 Å². The van der Waals surface area contributed by atoms with Gasteiger partial charge in [-0.3, -0.25) is 0 Å². The molecule has 0 spiro atoms. The molecule has 1 fully saturated rings. The molecule has 0 radical (unpaired) electrons. The first-order chi connectivity index (χ1) is 7.36. The quantitative estimate of drug-likeness (QED) is 0.627. The van der Waals surface area contributed by atoms with Crippen LogP contribution in [0.2, 0.25) is 0 Å². The minimum absolute atomic E-state index is 0.680. The summed E-state index contributed by atoms with van der Waals surface area (Å²) in [6.45, 7) is 0.